The van der Waals surface area contributed by atoms with Crippen molar-refractivity contribution >= 4 is 0 Å². The summed E-state index contributed by atoms with van der Waals surface area (Å²) >= 11 is 0. The summed E-state index contributed by atoms with van der Waals surface area (Å²) in [5, 5.41) is 3.33. The summed E-state index contributed by atoms with van der Waals surface area (Å²) in [5.41, 5.74) is 0.693. The Kier molecular flexibility index (Phi) is 3.57. The van der Waals surface area contributed by atoms with Crippen molar-refractivity contribution in [1.29, 1.82) is 0 Å². The molecule has 12 heavy (non-hydrogen) atoms. The van der Waals surface area contributed by atoms with Crippen LogP contribution in [0.3, 0.4) is 0 Å². The highest BCUT2D eigenvalue weighted by atomic mass is 14.8. The quantitative estimate of drug-likeness (QED) is 0.667. The summed E-state index contributed by atoms with van der Waals surface area (Å²) < 4.78 is 0. The lowest BCUT2D eigenvalue weighted by Gasteiger charge is -2.42. The molecule has 0 atom stereocenters. The van der Waals surface area contributed by atoms with E-state index in [1.54, 1.807) is 0 Å². The maximum absolute atomic E-state index is 3.33. The van der Waals surface area contributed by atoms with E-state index in [-0.39, 0.29) is 0 Å². The van der Waals surface area contributed by atoms with E-state index in [0.717, 1.165) is 5.92 Å². The predicted molar refractivity (Wildman–Crippen MR) is 54.3 cm³/mol. The van der Waals surface area contributed by atoms with Gasteiger partial charge in [0.1, 0.15) is 0 Å². The van der Waals surface area contributed by atoms with Gasteiger partial charge in [-0.2, -0.15) is 0 Å². The second-order valence-electron chi connectivity index (χ2n) is 4.82. The normalized spacial score (nSPS) is 21.0. The van der Waals surface area contributed by atoms with E-state index in [0.29, 0.717) is 5.41 Å². The molecule has 0 radical (unpaired) electrons. The minimum absolute atomic E-state index is 0.693. The fraction of sp³-hybridized carbons (Fsp3) is 1.00. The molecule has 0 aromatic rings. The van der Waals surface area contributed by atoms with Crippen LogP contribution < -0.4 is 5.32 Å². The van der Waals surface area contributed by atoms with Crippen LogP contribution in [-0.2, 0) is 0 Å². The average molecular weight is 169 g/mol. The Morgan fingerprint density at radius 1 is 1.33 bits per heavy atom. The van der Waals surface area contributed by atoms with Crippen molar-refractivity contribution < 1.29 is 0 Å². The van der Waals surface area contributed by atoms with Crippen LogP contribution >= 0.6 is 0 Å². The number of rotatable bonds is 5. The van der Waals surface area contributed by atoms with E-state index in [4.69, 9.17) is 0 Å². The molecule has 1 heteroatoms. The molecule has 0 aromatic heterocycles. The van der Waals surface area contributed by atoms with Gasteiger partial charge < -0.3 is 5.32 Å². The first kappa shape index (κ1) is 10.0. The van der Waals surface area contributed by atoms with Crippen LogP contribution in [0.15, 0.2) is 0 Å². The minimum Gasteiger partial charge on any atom is -0.319 e. The standard InChI is InChI=1S/C11H23N/c1-10(2)5-8-11(9-12-3)6-4-7-11/h10,12H,4-9H2,1-3H3. The number of hydrogen-bond acceptors (Lipinski definition) is 1. The van der Waals surface area contributed by atoms with Crippen molar-refractivity contribution in [2.45, 2.75) is 46.0 Å². The second kappa shape index (κ2) is 4.27. The largest absolute Gasteiger partial charge is 0.319 e. The predicted octanol–water partition coefficient (Wildman–Crippen LogP) is 2.81. The van der Waals surface area contributed by atoms with Crippen LogP contribution in [0.5, 0.6) is 0 Å². The molecule has 1 nitrogen and oxygen atoms in total. The van der Waals surface area contributed by atoms with Crippen LogP contribution in [0.1, 0.15) is 46.0 Å². The van der Waals surface area contributed by atoms with Crippen molar-refractivity contribution in [3.63, 3.8) is 0 Å². The Balaban J connectivity index is 2.24. The summed E-state index contributed by atoms with van der Waals surface area (Å²) in [6.45, 7) is 5.89. The van der Waals surface area contributed by atoms with Gasteiger partial charge in [-0.05, 0) is 37.6 Å². The van der Waals surface area contributed by atoms with E-state index in [9.17, 15) is 0 Å². The lowest BCUT2D eigenvalue weighted by atomic mass is 9.65. The zero-order valence-corrected chi connectivity index (χ0v) is 8.82. The fourth-order valence-electron chi connectivity index (χ4n) is 2.16. The van der Waals surface area contributed by atoms with E-state index in [1.165, 1.54) is 38.6 Å². The molecule has 0 saturated heterocycles. The molecule has 0 aliphatic heterocycles. The molecule has 1 fully saturated rings. The van der Waals surface area contributed by atoms with Crippen LogP contribution in [0.4, 0.5) is 0 Å². The Bertz CT molecular complexity index is 125. The van der Waals surface area contributed by atoms with Gasteiger partial charge in [0, 0.05) is 6.54 Å². The zero-order valence-electron chi connectivity index (χ0n) is 8.82. The SMILES string of the molecule is CNCC1(CCC(C)C)CCC1. The maximum Gasteiger partial charge on any atom is 0.000480 e. The molecule has 1 rings (SSSR count). The molecular weight excluding hydrogens is 146 g/mol. The van der Waals surface area contributed by atoms with Crippen molar-refractivity contribution in [1.82, 2.24) is 5.32 Å². The Labute approximate surface area is 76.9 Å². The zero-order chi connectivity index (χ0) is 9.03. The van der Waals surface area contributed by atoms with Crippen LogP contribution in [-0.4, -0.2) is 13.6 Å². The van der Waals surface area contributed by atoms with Gasteiger partial charge in [-0.15, -0.1) is 0 Å². The summed E-state index contributed by atoms with van der Waals surface area (Å²) in [6, 6.07) is 0. The first-order valence-electron chi connectivity index (χ1n) is 5.33. The van der Waals surface area contributed by atoms with Crippen LogP contribution in [0.25, 0.3) is 0 Å². The molecule has 0 unspecified atom stereocenters. The van der Waals surface area contributed by atoms with Gasteiger partial charge in [0.2, 0.25) is 0 Å². The molecule has 0 amide bonds. The van der Waals surface area contributed by atoms with Gasteiger partial charge in [-0.3, -0.25) is 0 Å². The number of nitrogens with one attached hydrogen (secondary N) is 1. The van der Waals surface area contributed by atoms with Gasteiger partial charge in [-0.1, -0.05) is 26.7 Å². The molecule has 1 saturated carbocycles. The fourth-order valence-corrected chi connectivity index (χ4v) is 2.16. The lowest BCUT2D eigenvalue weighted by molar-refractivity contribution is 0.111. The third kappa shape index (κ3) is 2.48. The van der Waals surface area contributed by atoms with Crippen molar-refractivity contribution in [2.24, 2.45) is 11.3 Å². The summed E-state index contributed by atoms with van der Waals surface area (Å²) in [5.74, 6) is 0.874. The second-order valence-corrected chi connectivity index (χ2v) is 4.82. The summed E-state index contributed by atoms with van der Waals surface area (Å²) in [4.78, 5) is 0. The minimum atomic E-state index is 0.693. The highest BCUT2D eigenvalue weighted by molar-refractivity contribution is 4.89. The topological polar surface area (TPSA) is 12.0 Å². The smallest absolute Gasteiger partial charge is 0.000480 e. The van der Waals surface area contributed by atoms with E-state index in [2.05, 4.69) is 26.2 Å². The molecule has 0 spiro atoms. The Morgan fingerprint density at radius 3 is 2.33 bits per heavy atom. The van der Waals surface area contributed by atoms with Gasteiger partial charge >= 0.3 is 0 Å². The van der Waals surface area contributed by atoms with Crippen molar-refractivity contribution in [2.75, 3.05) is 13.6 Å². The van der Waals surface area contributed by atoms with Gasteiger partial charge in [0.05, 0.1) is 0 Å². The lowest BCUT2D eigenvalue weighted by Crippen LogP contribution is -2.38. The van der Waals surface area contributed by atoms with E-state index < -0.39 is 0 Å². The maximum atomic E-state index is 3.33. The number of hydrogen-bond donors (Lipinski definition) is 1. The molecule has 1 aliphatic rings. The van der Waals surface area contributed by atoms with Gasteiger partial charge in [0.25, 0.3) is 0 Å². The van der Waals surface area contributed by atoms with Crippen molar-refractivity contribution in [3.8, 4) is 0 Å². The third-order valence-electron chi connectivity index (χ3n) is 3.22. The molecule has 0 bridgehead atoms. The molecular formula is C11H23N. The molecule has 1 N–H and O–H groups in total. The average Bonchev–Trinajstić information content (AvgIpc) is 1.94. The summed E-state index contributed by atoms with van der Waals surface area (Å²) in [6.07, 6.45) is 7.22. The summed E-state index contributed by atoms with van der Waals surface area (Å²) in [7, 11) is 2.08. The van der Waals surface area contributed by atoms with Gasteiger partial charge in [0.15, 0.2) is 0 Å². The highest BCUT2D eigenvalue weighted by Crippen LogP contribution is 2.44. The first-order valence-corrected chi connectivity index (χ1v) is 5.33. The first-order chi connectivity index (χ1) is 5.68. The molecule has 0 aromatic carbocycles. The Hall–Kier alpha value is -0.0400. The molecule has 0 heterocycles. The molecule has 1 aliphatic carbocycles. The van der Waals surface area contributed by atoms with Gasteiger partial charge in [-0.25, -0.2) is 0 Å². The third-order valence-corrected chi connectivity index (χ3v) is 3.22. The monoisotopic (exact) mass is 169 g/mol. The van der Waals surface area contributed by atoms with Crippen molar-refractivity contribution in [3.05, 3.63) is 0 Å². The van der Waals surface area contributed by atoms with E-state index >= 15 is 0 Å². The van der Waals surface area contributed by atoms with E-state index in [1.807, 2.05) is 0 Å². The molecule has 72 valence electrons. The Morgan fingerprint density at radius 2 is 2.00 bits per heavy atom. The van der Waals surface area contributed by atoms with Crippen LogP contribution in [0.2, 0.25) is 0 Å². The van der Waals surface area contributed by atoms with Crippen LogP contribution in [0, 0.1) is 11.3 Å². The highest BCUT2D eigenvalue weighted by Gasteiger charge is 2.35.